The molecular formula is C48H44N4. The fourth-order valence-corrected chi connectivity index (χ4v) is 8.43. The van der Waals surface area contributed by atoms with E-state index in [-0.39, 0.29) is 10.8 Å². The smallest absolute Gasteiger partial charge is 0.0924 e. The summed E-state index contributed by atoms with van der Waals surface area (Å²) in [6, 6.07) is 47.5. The van der Waals surface area contributed by atoms with Gasteiger partial charge in [0.15, 0.2) is 0 Å². The van der Waals surface area contributed by atoms with Gasteiger partial charge in [-0.15, -0.1) is 0 Å². The minimum atomic E-state index is -0.638. The molecule has 0 radical (unpaired) electrons. The Labute approximate surface area is 306 Å². The minimum Gasteiger partial charge on any atom is -0.309 e. The number of aromatic nitrogens is 4. The van der Waals surface area contributed by atoms with E-state index in [0.29, 0.717) is 0 Å². The molecule has 0 atom stereocenters. The number of aryl methyl sites for hydroxylation is 1. The summed E-state index contributed by atoms with van der Waals surface area (Å²) in [7, 11) is 0. The van der Waals surface area contributed by atoms with Crippen molar-refractivity contribution in [2.24, 2.45) is 0 Å². The number of aromatic amines is 1. The predicted octanol–water partition coefficient (Wildman–Crippen LogP) is 11.8. The number of hydrogen-bond donors (Lipinski definition) is 1. The second-order valence-electron chi connectivity index (χ2n) is 16.6. The summed E-state index contributed by atoms with van der Waals surface area (Å²) in [5, 5.41) is 10.2. The van der Waals surface area contributed by atoms with E-state index in [1.807, 2.05) is 19.2 Å². The van der Waals surface area contributed by atoms with E-state index in [0.717, 1.165) is 33.8 Å². The number of H-pyrrole nitrogens is 1. The molecule has 52 heavy (non-hydrogen) atoms. The van der Waals surface area contributed by atoms with Crippen LogP contribution >= 0.6 is 0 Å². The van der Waals surface area contributed by atoms with Crippen molar-refractivity contribution in [2.45, 2.75) is 64.7 Å². The highest BCUT2D eigenvalue weighted by atomic mass is 15.1. The Morgan fingerprint density at radius 3 is 1.90 bits per heavy atom. The number of hydrogen-bond acceptors (Lipinski definition) is 2. The molecule has 9 rings (SSSR count). The summed E-state index contributed by atoms with van der Waals surface area (Å²) < 4.78 is 2.43. The Hall–Kier alpha value is -5.74. The van der Waals surface area contributed by atoms with Gasteiger partial charge in [0.25, 0.3) is 0 Å². The Balaban J connectivity index is 1.38. The third kappa shape index (κ3) is 4.81. The van der Waals surface area contributed by atoms with Crippen LogP contribution in [-0.4, -0.2) is 19.7 Å². The summed E-state index contributed by atoms with van der Waals surface area (Å²) in [6.45, 7) is 15.9. The zero-order chi connectivity index (χ0) is 36.0. The maximum absolute atomic E-state index is 5.21. The van der Waals surface area contributed by atoms with Crippen LogP contribution in [0.1, 0.15) is 80.7 Å². The first kappa shape index (κ1) is 32.2. The molecule has 0 saturated carbocycles. The summed E-state index contributed by atoms with van der Waals surface area (Å²) in [5.74, 6) is 0. The van der Waals surface area contributed by atoms with E-state index < -0.39 is 5.41 Å². The van der Waals surface area contributed by atoms with Crippen molar-refractivity contribution in [3.05, 3.63) is 173 Å². The number of fused-ring (bicyclic) bond motifs is 6. The van der Waals surface area contributed by atoms with E-state index in [1.54, 1.807) is 0 Å². The van der Waals surface area contributed by atoms with Gasteiger partial charge in [0.2, 0.25) is 0 Å². The molecule has 256 valence electrons. The maximum atomic E-state index is 5.21. The Kier molecular flexibility index (Phi) is 7.05. The quantitative estimate of drug-likeness (QED) is 0.202. The number of para-hydroxylation sites is 1. The van der Waals surface area contributed by atoms with E-state index in [1.165, 1.54) is 55.2 Å². The highest BCUT2D eigenvalue weighted by Crippen LogP contribution is 2.57. The summed E-state index contributed by atoms with van der Waals surface area (Å²) >= 11 is 0. The first-order valence-electron chi connectivity index (χ1n) is 18.3. The molecule has 0 spiro atoms. The number of nitrogens with zero attached hydrogens (tertiary/aromatic N) is 3. The van der Waals surface area contributed by atoms with E-state index in [9.17, 15) is 0 Å². The molecule has 0 unspecified atom stereocenters. The van der Waals surface area contributed by atoms with Gasteiger partial charge in [0, 0.05) is 33.9 Å². The van der Waals surface area contributed by atoms with Gasteiger partial charge in [-0.3, -0.25) is 10.1 Å². The number of nitrogens with one attached hydrogen (secondary N) is 1. The van der Waals surface area contributed by atoms with Crippen LogP contribution in [0.3, 0.4) is 0 Å². The van der Waals surface area contributed by atoms with Gasteiger partial charge in [-0.1, -0.05) is 126 Å². The van der Waals surface area contributed by atoms with Gasteiger partial charge in [0.05, 0.1) is 27.8 Å². The first-order chi connectivity index (χ1) is 24.9. The van der Waals surface area contributed by atoms with Crippen molar-refractivity contribution >= 4 is 21.8 Å². The average Bonchev–Trinajstić information content (AvgIpc) is 3.81. The third-order valence-electron chi connectivity index (χ3n) is 11.1. The molecule has 1 aliphatic carbocycles. The molecular weight excluding hydrogens is 633 g/mol. The Morgan fingerprint density at radius 1 is 0.596 bits per heavy atom. The number of rotatable bonds is 4. The topological polar surface area (TPSA) is 46.5 Å². The SMILES string of the molecule is Cc1cc(-c2ccc3c4ccccc4n(-c4cccc(C5(c6ccccn6)c6cc(C(C)(C)C)ccc6-c6ccc(C(C)(C)C)cc65)c4)c3c2)n[nH]1. The number of pyridine rings is 1. The molecule has 1 N–H and O–H groups in total. The van der Waals surface area contributed by atoms with Crippen molar-refractivity contribution < 1.29 is 0 Å². The molecule has 3 aromatic heterocycles. The molecule has 1 aliphatic rings. The maximum Gasteiger partial charge on any atom is 0.0924 e. The second-order valence-corrected chi connectivity index (χ2v) is 16.6. The highest BCUT2D eigenvalue weighted by molar-refractivity contribution is 6.10. The molecule has 4 nitrogen and oxygen atoms in total. The molecule has 0 saturated heterocycles. The Morgan fingerprint density at radius 2 is 1.27 bits per heavy atom. The van der Waals surface area contributed by atoms with Gasteiger partial charge in [-0.25, -0.2) is 0 Å². The minimum absolute atomic E-state index is 0.0222. The first-order valence-corrected chi connectivity index (χ1v) is 18.3. The van der Waals surface area contributed by atoms with Crippen LogP contribution in [0.4, 0.5) is 0 Å². The molecule has 8 aromatic rings. The lowest BCUT2D eigenvalue weighted by Gasteiger charge is -2.34. The summed E-state index contributed by atoms with van der Waals surface area (Å²) in [4.78, 5) is 5.21. The van der Waals surface area contributed by atoms with Gasteiger partial charge < -0.3 is 4.57 Å². The van der Waals surface area contributed by atoms with Crippen LogP contribution in [0.2, 0.25) is 0 Å². The van der Waals surface area contributed by atoms with Gasteiger partial charge in [-0.2, -0.15) is 5.10 Å². The fraction of sp³-hybridized carbons (Fsp3) is 0.208. The lowest BCUT2D eigenvalue weighted by atomic mass is 9.68. The van der Waals surface area contributed by atoms with Gasteiger partial charge in [-0.05, 0) is 99.2 Å². The molecule has 5 aromatic carbocycles. The van der Waals surface area contributed by atoms with Crippen LogP contribution in [-0.2, 0) is 16.2 Å². The largest absolute Gasteiger partial charge is 0.309 e. The van der Waals surface area contributed by atoms with Crippen LogP contribution < -0.4 is 0 Å². The van der Waals surface area contributed by atoms with Crippen molar-refractivity contribution in [1.29, 1.82) is 0 Å². The molecule has 0 amide bonds. The van der Waals surface area contributed by atoms with Crippen LogP contribution in [0.25, 0.3) is 49.9 Å². The van der Waals surface area contributed by atoms with Crippen molar-refractivity contribution in [3.8, 4) is 28.1 Å². The van der Waals surface area contributed by atoms with Gasteiger partial charge in [0.1, 0.15) is 0 Å². The highest BCUT2D eigenvalue weighted by Gasteiger charge is 2.48. The van der Waals surface area contributed by atoms with E-state index in [4.69, 9.17) is 4.98 Å². The molecule has 3 heterocycles. The number of benzene rings is 5. The second kappa shape index (κ2) is 11.4. The summed E-state index contributed by atoms with van der Waals surface area (Å²) in [6.07, 6.45) is 1.95. The zero-order valence-corrected chi connectivity index (χ0v) is 31.0. The van der Waals surface area contributed by atoms with Crippen molar-refractivity contribution in [3.63, 3.8) is 0 Å². The lowest BCUT2D eigenvalue weighted by molar-refractivity contribution is 0.585. The molecule has 0 fully saturated rings. The third-order valence-corrected chi connectivity index (χ3v) is 11.1. The van der Waals surface area contributed by atoms with Crippen LogP contribution in [0.5, 0.6) is 0 Å². The average molecular weight is 677 g/mol. The molecule has 4 heteroatoms. The molecule has 0 aliphatic heterocycles. The molecule has 0 bridgehead atoms. The van der Waals surface area contributed by atoms with Crippen molar-refractivity contribution in [1.82, 2.24) is 19.7 Å². The fourth-order valence-electron chi connectivity index (χ4n) is 8.43. The van der Waals surface area contributed by atoms with Crippen LogP contribution in [0.15, 0.2) is 134 Å². The summed E-state index contributed by atoms with van der Waals surface area (Å²) in [5.41, 5.74) is 15.8. The normalized spacial score (nSPS) is 13.8. The van der Waals surface area contributed by atoms with E-state index >= 15 is 0 Å². The predicted molar refractivity (Wildman–Crippen MR) is 216 cm³/mol. The Bertz CT molecular complexity index is 2600. The lowest BCUT2D eigenvalue weighted by Crippen LogP contribution is -2.31. The monoisotopic (exact) mass is 676 g/mol. The van der Waals surface area contributed by atoms with E-state index in [2.05, 4.69) is 178 Å². The standard InChI is InChI=1S/C48H44N4/c1-30-25-42(51-50-30)31-18-21-39-38-15-8-9-16-43(38)52(44(39)26-31)35-14-12-13-34(27-35)48(45-17-10-11-24-49-45)40-28-32(46(2,3)4)19-22-36(40)37-23-20-33(29-41(37)48)47(5,6)7/h8-29H,1-7H3,(H,50,51). The zero-order valence-electron chi connectivity index (χ0n) is 31.0. The van der Waals surface area contributed by atoms with Crippen LogP contribution in [0, 0.1) is 6.92 Å². The van der Waals surface area contributed by atoms with Crippen molar-refractivity contribution in [2.75, 3.05) is 0 Å². The van der Waals surface area contributed by atoms with Gasteiger partial charge >= 0.3 is 0 Å².